The Morgan fingerprint density at radius 2 is 1.81 bits per heavy atom. The Balaban J connectivity index is 2.72. The van der Waals surface area contributed by atoms with Crippen LogP contribution in [0.2, 0.25) is 19.6 Å². The Bertz CT molecular complexity index is 362. The maximum absolute atomic E-state index is 9.25. The molecule has 2 nitrogen and oxygen atoms in total. The summed E-state index contributed by atoms with van der Waals surface area (Å²) in [6.07, 6.45) is 0. The minimum Gasteiger partial charge on any atom is -0.290 e. The number of benzene rings is 1. The average Bonchev–Trinajstić information content (AvgIpc) is 2.17. The summed E-state index contributed by atoms with van der Waals surface area (Å²) in [5.41, 5.74) is 1.34. The molecular weight excluding hydrogens is 212 g/mol. The van der Waals surface area contributed by atoms with Crippen LogP contribution in [-0.4, -0.2) is 25.7 Å². The highest BCUT2D eigenvalue weighted by atomic mass is 28.3. The van der Waals surface area contributed by atoms with Crippen LogP contribution in [0.4, 0.5) is 0 Å². The number of rotatable bonds is 4. The van der Waals surface area contributed by atoms with E-state index in [2.05, 4.69) is 42.7 Å². The molecule has 0 saturated heterocycles. The molecule has 0 radical (unpaired) electrons. The minimum absolute atomic E-state index is 0.0766. The second kappa shape index (κ2) is 5.29. The third-order valence-electron chi connectivity index (χ3n) is 2.66. The third kappa shape index (κ3) is 3.48. The average molecular weight is 232 g/mol. The normalized spacial score (nSPS) is 13.5. The number of hydrogen-bond donors (Lipinski definition) is 0. The number of hydrogen-bond acceptors (Lipinski definition) is 2. The fourth-order valence-corrected chi connectivity index (χ4v) is 3.72. The maximum atomic E-state index is 9.25. The van der Waals surface area contributed by atoms with E-state index < -0.39 is 8.07 Å². The molecule has 0 saturated carbocycles. The Kier molecular flexibility index (Phi) is 4.28. The van der Waals surface area contributed by atoms with Crippen LogP contribution in [-0.2, 0) is 6.54 Å². The highest BCUT2D eigenvalue weighted by molar-refractivity contribution is 6.78. The molecule has 16 heavy (non-hydrogen) atoms. The Labute approximate surface area is 99.5 Å². The van der Waals surface area contributed by atoms with E-state index in [0.717, 1.165) is 6.54 Å². The first-order chi connectivity index (χ1) is 7.45. The SMILES string of the molecule is CN(Cc1ccccc1)C(C#N)[Si](C)(C)C. The van der Waals surface area contributed by atoms with E-state index in [9.17, 15) is 5.26 Å². The van der Waals surface area contributed by atoms with E-state index in [1.807, 2.05) is 25.2 Å². The van der Waals surface area contributed by atoms with Gasteiger partial charge in [-0.05, 0) is 12.6 Å². The highest BCUT2D eigenvalue weighted by Gasteiger charge is 2.29. The van der Waals surface area contributed by atoms with E-state index in [1.165, 1.54) is 5.56 Å². The van der Waals surface area contributed by atoms with Crippen molar-refractivity contribution < 1.29 is 0 Å². The molecule has 0 aliphatic carbocycles. The van der Waals surface area contributed by atoms with Crippen LogP contribution >= 0.6 is 0 Å². The quantitative estimate of drug-likeness (QED) is 0.746. The molecule has 0 heterocycles. The predicted molar refractivity (Wildman–Crippen MR) is 70.7 cm³/mol. The van der Waals surface area contributed by atoms with Crippen molar-refractivity contribution in [3.8, 4) is 6.07 Å². The van der Waals surface area contributed by atoms with Crippen molar-refractivity contribution in [2.24, 2.45) is 0 Å². The second-order valence-electron chi connectivity index (χ2n) is 5.30. The summed E-state index contributed by atoms with van der Waals surface area (Å²) in [4.78, 5) is 2.17. The van der Waals surface area contributed by atoms with Gasteiger partial charge in [0, 0.05) is 6.54 Å². The molecule has 0 N–H and O–H groups in total. The van der Waals surface area contributed by atoms with Crippen molar-refractivity contribution >= 4 is 8.07 Å². The molecule has 0 amide bonds. The van der Waals surface area contributed by atoms with Gasteiger partial charge in [0.25, 0.3) is 0 Å². The summed E-state index contributed by atoms with van der Waals surface area (Å²) in [7, 11) is 0.602. The van der Waals surface area contributed by atoms with Crippen molar-refractivity contribution in [1.82, 2.24) is 4.90 Å². The molecule has 0 spiro atoms. The molecule has 0 bridgehead atoms. The fraction of sp³-hybridized carbons (Fsp3) is 0.462. The zero-order valence-corrected chi connectivity index (χ0v) is 11.6. The Morgan fingerprint density at radius 3 is 2.25 bits per heavy atom. The van der Waals surface area contributed by atoms with Crippen molar-refractivity contribution in [2.45, 2.75) is 31.9 Å². The topological polar surface area (TPSA) is 27.0 Å². The molecule has 0 aromatic heterocycles. The summed E-state index contributed by atoms with van der Waals surface area (Å²) in [5.74, 6) is 0. The van der Waals surface area contributed by atoms with Gasteiger partial charge in [-0.2, -0.15) is 5.26 Å². The van der Waals surface area contributed by atoms with Crippen molar-refractivity contribution in [2.75, 3.05) is 7.05 Å². The molecule has 1 atom stereocenters. The highest BCUT2D eigenvalue weighted by Crippen LogP contribution is 2.15. The van der Waals surface area contributed by atoms with Crippen molar-refractivity contribution in [3.63, 3.8) is 0 Å². The third-order valence-corrected chi connectivity index (χ3v) is 4.87. The molecular formula is C13H20N2Si. The predicted octanol–water partition coefficient (Wildman–Crippen LogP) is 2.89. The van der Waals surface area contributed by atoms with Crippen LogP contribution in [0.3, 0.4) is 0 Å². The first-order valence-electron chi connectivity index (χ1n) is 5.59. The largest absolute Gasteiger partial charge is 0.290 e. The summed E-state index contributed by atoms with van der Waals surface area (Å²) in [6.45, 7) is 7.57. The summed E-state index contributed by atoms with van der Waals surface area (Å²) < 4.78 is 0. The van der Waals surface area contributed by atoms with Gasteiger partial charge in [-0.15, -0.1) is 0 Å². The maximum Gasteiger partial charge on any atom is 0.0872 e. The van der Waals surface area contributed by atoms with Crippen LogP contribution in [0, 0.1) is 11.3 Å². The number of nitriles is 1. The lowest BCUT2D eigenvalue weighted by Crippen LogP contribution is -2.48. The molecule has 0 aliphatic heterocycles. The second-order valence-corrected chi connectivity index (χ2v) is 10.6. The van der Waals surface area contributed by atoms with Gasteiger partial charge >= 0.3 is 0 Å². The Morgan fingerprint density at radius 1 is 1.25 bits per heavy atom. The smallest absolute Gasteiger partial charge is 0.0872 e. The van der Waals surface area contributed by atoms with Gasteiger partial charge < -0.3 is 0 Å². The zero-order valence-electron chi connectivity index (χ0n) is 10.6. The lowest BCUT2D eigenvalue weighted by atomic mass is 10.2. The van der Waals surface area contributed by atoms with Gasteiger partial charge in [-0.1, -0.05) is 50.0 Å². The molecule has 1 unspecified atom stereocenters. The summed E-state index contributed by atoms with van der Waals surface area (Å²) in [5, 5.41) is 9.25. The molecule has 3 heteroatoms. The van der Waals surface area contributed by atoms with Crippen LogP contribution in [0.1, 0.15) is 5.56 Å². The zero-order chi connectivity index (χ0) is 12.2. The van der Waals surface area contributed by atoms with Crippen LogP contribution in [0.5, 0.6) is 0 Å². The van der Waals surface area contributed by atoms with E-state index >= 15 is 0 Å². The van der Waals surface area contributed by atoms with E-state index in [0.29, 0.717) is 0 Å². The molecule has 0 aliphatic rings. The van der Waals surface area contributed by atoms with Gasteiger partial charge in [0.1, 0.15) is 0 Å². The lowest BCUT2D eigenvalue weighted by molar-refractivity contribution is 0.330. The van der Waals surface area contributed by atoms with Gasteiger partial charge in [0.2, 0.25) is 0 Å². The summed E-state index contributed by atoms with van der Waals surface area (Å²) in [6, 6.07) is 12.8. The minimum atomic E-state index is -1.44. The van der Waals surface area contributed by atoms with Crippen LogP contribution < -0.4 is 0 Å². The van der Waals surface area contributed by atoms with Gasteiger partial charge in [-0.25, -0.2) is 0 Å². The van der Waals surface area contributed by atoms with E-state index in [4.69, 9.17) is 0 Å². The van der Waals surface area contributed by atoms with Gasteiger partial charge in [0.05, 0.1) is 19.8 Å². The van der Waals surface area contributed by atoms with Crippen LogP contribution in [0.25, 0.3) is 0 Å². The van der Waals surface area contributed by atoms with Gasteiger partial charge in [-0.3, -0.25) is 4.90 Å². The van der Waals surface area contributed by atoms with E-state index in [1.54, 1.807) is 0 Å². The molecule has 1 aromatic carbocycles. The van der Waals surface area contributed by atoms with Gasteiger partial charge in [0.15, 0.2) is 0 Å². The summed E-state index contributed by atoms with van der Waals surface area (Å²) >= 11 is 0. The number of nitrogens with zero attached hydrogens (tertiary/aromatic N) is 2. The molecule has 1 aromatic rings. The van der Waals surface area contributed by atoms with Crippen LogP contribution in [0.15, 0.2) is 30.3 Å². The Hall–Kier alpha value is -1.11. The molecule has 0 fully saturated rings. The monoisotopic (exact) mass is 232 g/mol. The molecule has 86 valence electrons. The van der Waals surface area contributed by atoms with Crippen molar-refractivity contribution in [1.29, 1.82) is 5.26 Å². The fourth-order valence-electron chi connectivity index (χ4n) is 1.92. The molecule has 1 rings (SSSR count). The first kappa shape index (κ1) is 13.0. The first-order valence-corrected chi connectivity index (χ1v) is 9.16. The standard InChI is InChI=1S/C13H20N2Si/c1-15(13(10-14)16(2,3)4)11-12-8-6-5-7-9-12/h5-9,13H,11H2,1-4H3. The van der Waals surface area contributed by atoms with E-state index in [-0.39, 0.29) is 5.67 Å². The lowest BCUT2D eigenvalue weighted by Gasteiger charge is -2.31. The van der Waals surface area contributed by atoms with Crippen molar-refractivity contribution in [3.05, 3.63) is 35.9 Å².